The molecule has 1 amide bonds. The van der Waals surface area contributed by atoms with Gasteiger partial charge in [0, 0.05) is 17.4 Å². The molecule has 0 spiro atoms. The molecule has 0 atom stereocenters. The SMILES string of the molecule is COc1cc(N)c(Cl)cc1C(=O)NCC(C)(C)SC. The molecule has 0 aliphatic heterocycles. The Morgan fingerprint density at radius 3 is 2.68 bits per heavy atom. The third kappa shape index (κ3) is 4.21. The predicted molar refractivity (Wildman–Crippen MR) is 82.3 cm³/mol. The fourth-order valence-corrected chi connectivity index (χ4v) is 1.76. The van der Waals surface area contributed by atoms with E-state index in [1.54, 1.807) is 17.8 Å². The smallest absolute Gasteiger partial charge is 0.255 e. The zero-order valence-corrected chi connectivity index (χ0v) is 13.1. The van der Waals surface area contributed by atoms with Crippen molar-refractivity contribution in [3.8, 4) is 5.75 Å². The number of thioether (sulfide) groups is 1. The first-order valence-electron chi connectivity index (χ1n) is 5.77. The lowest BCUT2D eigenvalue weighted by atomic mass is 10.1. The lowest BCUT2D eigenvalue weighted by molar-refractivity contribution is 0.0948. The zero-order chi connectivity index (χ0) is 14.6. The predicted octanol–water partition coefficient (Wildman–Crippen LogP) is 2.80. The number of amides is 1. The second-order valence-corrected chi connectivity index (χ2v) is 6.64. The van der Waals surface area contributed by atoms with Crippen molar-refractivity contribution in [1.29, 1.82) is 0 Å². The number of carbonyl (C=O) groups excluding carboxylic acids is 1. The first kappa shape index (κ1) is 16.0. The van der Waals surface area contributed by atoms with Gasteiger partial charge in [-0.05, 0) is 26.2 Å². The molecule has 0 saturated heterocycles. The molecule has 0 unspecified atom stereocenters. The summed E-state index contributed by atoms with van der Waals surface area (Å²) in [6.07, 6.45) is 2.01. The van der Waals surface area contributed by atoms with Crippen LogP contribution < -0.4 is 15.8 Å². The van der Waals surface area contributed by atoms with Crippen LogP contribution in [0.25, 0.3) is 0 Å². The van der Waals surface area contributed by atoms with Crippen LogP contribution in [-0.4, -0.2) is 30.6 Å². The van der Waals surface area contributed by atoms with Gasteiger partial charge in [0.25, 0.3) is 5.91 Å². The number of nitrogens with two attached hydrogens (primary N) is 1. The molecule has 0 fully saturated rings. The Morgan fingerprint density at radius 1 is 1.53 bits per heavy atom. The Kier molecular flexibility index (Phi) is 5.38. The molecule has 0 aliphatic carbocycles. The van der Waals surface area contributed by atoms with E-state index >= 15 is 0 Å². The van der Waals surface area contributed by atoms with E-state index in [4.69, 9.17) is 22.1 Å². The van der Waals surface area contributed by atoms with Gasteiger partial charge in [-0.3, -0.25) is 4.79 Å². The van der Waals surface area contributed by atoms with E-state index < -0.39 is 0 Å². The molecular formula is C13H19ClN2O2S. The lowest BCUT2D eigenvalue weighted by Crippen LogP contribution is -2.36. The highest BCUT2D eigenvalue weighted by Gasteiger charge is 2.20. The maximum absolute atomic E-state index is 12.2. The topological polar surface area (TPSA) is 64.3 Å². The van der Waals surface area contributed by atoms with E-state index in [-0.39, 0.29) is 10.7 Å². The monoisotopic (exact) mass is 302 g/mol. The van der Waals surface area contributed by atoms with E-state index in [0.717, 1.165) is 0 Å². The number of halogens is 1. The van der Waals surface area contributed by atoms with E-state index in [0.29, 0.717) is 28.6 Å². The van der Waals surface area contributed by atoms with Gasteiger partial charge in [0.15, 0.2) is 0 Å². The molecule has 19 heavy (non-hydrogen) atoms. The van der Waals surface area contributed by atoms with Crippen molar-refractivity contribution in [2.45, 2.75) is 18.6 Å². The van der Waals surface area contributed by atoms with Gasteiger partial charge in [-0.1, -0.05) is 11.6 Å². The summed E-state index contributed by atoms with van der Waals surface area (Å²) in [7, 11) is 1.49. The molecule has 6 heteroatoms. The normalized spacial score (nSPS) is 11.2. The summed E-state index contributed by atoms with van der Waals surface area (Å²) in [5.41, 5.74) is 6.46. The maximum Gasteiger partial charge on any atom is 0.255 e. The molecular weight excluding hydrogens is 284 g/mol. The largest absolute Gasteiger partial charge is 0.496 e. The number of methoxy groups -OCH3 is 1. The van der Waals surface area contributed by atoms with Gasteiger partial charge in [-0.2, -0.15) is 11.8 Å². The summed E-state index contributed by atoms with van der Waals surface area (Å²) in [6.45, 7) is 4.68. The number of anilines is 1. The van der Waals surface area contributed by atoms with Gasteiger partial charge in [0.1, 0.15) is 5.75 Å². The van der Waals surface area contributed by atoms with Crippen molar-refractivity contribution in [2.24, 2.45) is 0 Å². The third-order valence-electron chi connectivity index (χ3n) is 2.79. The molecule has 0 saturated carbocycles. The summed E-state index contributed by atoms with van der Waals surface area (Å²) in [4.78, 5) is 12.2. The molecule has 1 aromatic rings. The van der Waals surface area contributed by atoms with Gasteiger partial charge in [0.05, 0.1) is 23.4 Å². The first-order chi connectivity index (χ1) is 8.80. The van der Waals surface area contributed by atoms with Crippen molar-refractivity contribution in [3.63, 3.8) is 0 Å². The van der Waals surface area contributed by atoms with Crippen molar-refractivity contribution in [1.82, 2.24) is 5.32 Å². The lowest BCUT2D eigenvalue weighted by Gasteiger charge is -2.22. The van der Waals surface area contributed by atoms with Gasteiger partial charge >= 0.3 is 0 Å². The number of nitrogens with one attached hydrogen (secondary N) is 1. The Balaban J connectivity index is 2.91. The molecule has 1 rings (SSSR count). The number of carbonyl (C=O) groups is 1. The number of benzene rings is 1. The molecule has 1 aromatic carbocycles. The standard InChI is InChI=1S/C13H19ClN2O2S/c1-13(2,19-4)7-16-12(17)8-5-9(14)10(15)6-11(8)18-3/h5-6H,7,15H2,1-4H3,(H,16,17). The second-order valence-electron chi connectivity index (χ2n) is 4.72. The molecule has 106 valence electrons. The van der Waals surface area contributed by atoms with Crippen LogP contribution in [0.5, 0.6) is 5.75 Å². The number of hydrogen-bond donors (Lipinski definition) is 2. The number of hydrogen-bond acceptors (Lipinski definition) is 4. The van der Waals surface area contributed by atoms with Crippen molar-refractivity contribution < 1.29 is 9.53 Å². The van der Waals surface area contributed by atoms with E-state index in [1.807, 2.05) is 6.26 Å². The van der Waals surface area contributed by atoms with Gasteiger partial charge in [0.2, 0.25) is 0 Å². The van der Waals surface area contributed by atoms with Crippen molar-refractivity contribution >= 4 is 35.0 Å². The van der Waals surface area contributed by atoms with Crippen LogP contribution in [-0.2, 0) is 0 Å². The first-order valence-corrected chi connectivity index (χ1v) is 7.37. The fraction of sp³-hybridized carbons (Fsp3) is 0.462. The third-order valence-corrected chi connectivity index (χ3v) is 4.37. The Morgan fingerprint density at radius 2 is 2.16 bits per heavy atom. The van der Waals surface area contributed by atoms with Crippen LogP contribution in [0.1, 0.15) is 24.2 Å². The Bertz CT molecular complexity index is 478. The summed E-state index contributed by atoms with van der Waals surface area (Å²) in [5, 5.41) is 3.21. The van der Waals surface area contributed by atoms with Crippen LogP contribution in [0, 0.1) is 0 Å². The van der Waals surface area contributed by atoms with E-state index in [2.05, 4.69) is 19.2 Å². The summed E-state index contributed by atoms with van der Waals surface area (Å²) in [6, 6.07) is 3.08. The molecule has 3 N–H and O–H groups in total. The van der Waals surface area contributed by atoms with Crippen LogP contribution in [0.15, 0.2) is 12.1 Å². The minimum atomic E-state index is -0.221. The molecule has 0 heterocycles. The molecule has 0 aliphatic rings. The molecule has 0 radical (unpaired) electrons. The fourth-order valence-electron chi connectivity index (χ4n) is 1.38. The van der Waals surface area contributed by atoms with Gasteiger partial charge in [-0.15, -0.1) is 0 Å². The summed E-state index contributed by atoms with van der Waals surface area (Å²) >= 11 is 7.63. The Hall–Kier alpha value is -1.07. The quantitative estimate of drug-likeness (QED) is 0.821. The molecule has 0 aromatic heterocycles. The highest BCUT2D eigenvalue weighted by molar-refractivity contribution is 7.99. The highest BCUT2D eigenvalue weighted by Crippen LogP contribution is 2.29. The van der Waals surface area contributed by atoms with E-state index in [1.165, 1.54) is 13.2 Å². The molecule has 0 bridgehead atoms. The number of ether oxygens (including phenoxy) is 1. The van der Waals surface area contributed by atoms with Gasteiger partial charge in [-0.25, -0.2) is 0 Å². The van der Waals surface area contributed by atoms with Crippen LogP contribution in [0.3, 0.4) is 0 Å². The zero-order valence-electron chi connectivity index (χ0n) is 11.5. The minimum Gasteiger partial charge on any atom is -0.496 e. The van der Waals surface area contributed by atoms with Crippen LogP contribution >= 0.6 is 23.4 Å². The average Bonchev–Trinajstić information content (AvgIpc) is 2.38. The average molecular weight is 303 g/mol. The number of rotatable bonds is 5. The maximum atomic E-state index is 12.2. The molecule has 4 nitrogen and oxygen atoms in total. The van der Waals surface area contributed by atoms with Crippen LogP contribution in [0.4, 0.5) is 5.69 Å². The van der Waals surface area contributed by atoms with Gasteiger partial charge < -0.3 is 15.8 Å². The van der Waals surface area contributed by atoms with Crippen LogP contribution in [0.2, 0.25) is 5.02 Å². The minimum absolute atomic E-state index is 0.0273. The highest BCUT2D eigenvalue weighted by atomic mass is 35.5. The van der Waals surface area contributed by atoms with Crippen molar-refractivity contribution in [3.05, 3.63) is 22.7 Å². The summed E-state index contributed by atoms with van der Waals surface area (Å²) < 4.78 is 5.13. The Labute approximate surface area is 123 Å². The van der Waals surface area contributed by atoms with E-state index in [9.17, 15) is 4.79 Å². The van der Waals surface area contributed by atoms with Crippen molar-refractivity contribution in [2.75, 3.05) is 25.6 Å². The summed E-state index contributed by atoms with van der Waals surface area (Å²) in [5.74, 6) is 0.197. The number of nitrogen functional groups attached to an aromatic ring is 1. The second kappa shape index (κ2) is 6.39.